The molecule has 0 radical (unpaired) electrons. The van der Waals surface area contributed by atoms with Crippen LogP contribution in [0.15, 0.2) is 41.8 Å². The fourth-order valence-corrected chi connectivity index (χ4v) is 4.16. The first-order valence-corrected chi connectivity index (χ1v) is 10.1. The van der Waals surface area contributed by atoms with Crippen LogP contribution in [0.4, 0.5) is 0 Å². The Morgan fingerprint density at radius 1 is 1.20 bits per heavy atom. The first kappa shape index (κ1) is 18.2. The molecule has 0 N–H and O–H groups in total. The summed E-state index contributed by atoms with van der Waals surface area (Å²) in [6.45, 7) is 8.32. The molecule has 3 rings (SSSR count). The van der Waals surface area contributed by atoms with Crippen LogP contribution in [0, 0.1) is 5.92 Å². The molecule has 0 bridgehead atoms. The molecule has 3 nitrogen and oxygen atoms in total. The van der Waals surface area contributed by atoms with E-state index >= 15 is 0 Å². The average molecular weight is 358 g/mol. The van der Waals surface area contributed by atoms with Crippen LogP contribution in [0.5, 0.6) is 5.75 Å². The molecule has 0 aliphatic heterocycles. The molecule has 2 atom stereocenters. The summed E-state index contributed by atoms with van der Waals surface area (Å²) in [6.07, 6.45) is 2.01. The summed E-state index contributed by atoms with van der Waals surface area (Å²) < 4.78 is 5.80. The van der Waals surface area contributed by atoms with Crippen molar-refractivity contribution >= 4 is 17.1 Å². The van der Waals surface area contributed by atoms with Crippen molar-refractivity contribution < 1.29 is 9.53 Å². The average Bonchev–Trinajstić information content (AvgIpc) is 3.26. The Morgan fingerprint density at radius 3 is 2.60 bits per heavy atom. The molecular formula is C21H27NO2S. The lowest BCUT2D eigenvalue weighted by atomic mass is 10.1. The van der Waals surface area contributed by atoms with Gasteiger partial charge in [0.2, 0.25) is 0 Å². The zero-order chi connectivity index (χ0) is 17.6. The highest BCUT2D eigenvalue weighted by Gasteiger charge is 2.44. The van der Waals surface area contributed by atoms with E-state index in [1.165, 1.54) is 4.88 Å². The van der Waals surface area contributed by atoms with Crippen molar-refractivity contribution in [2.75, 3.05) is 26.2 Å². The van der Waals surface area contributed by atoms with Gasteiger partial charge < -0.3 is 9.64 Å². The molecule has 0 spiro atoms. The standard InChI is InChI=1S/C21H27NO2S/c1-3-22(4-2)12-6-13-24-17-10-8-16(9-11-17)21(23)19-15-18(19)20-7-5-14-25-20/h5,7-11,14,18-19H,3-4,6,12-13,15H2,1-2H3. The Hall–Kier alpha value is -1.65. The van der Waals surface area contributed by atoms with Crippen LogP contribution in [0.3, 0.4) is 0 Å². The molecule has 134 valence electrons. The summed E-state index contributed by atoms with van der Waals surface area (Å²) >= 11 is 1.75. The number of carbonyl (C=O) groups is 1. The number of benzene rings is 1. The van der Waals surface area contributed by atoms with Gasteiger partial charge in [-0.3, -0.25) is 4.79 Å². The number of Topliss-reactive ketones (excluding diaryl/α,β-unsaturated/α-hetero) is 1. The number of ether oxygens (including phenoxy) is 1. The second-order valence-corrected chi connectivity index (χ2v) is 7.56. The predicted molar refractivity (Wildman–Crippen MR) is 104 cm³/mol. The van der Waals surface area contributed by atoms with Gasteiger partial charge in [-0.15, -0.1) is 11.3 Å². The number of carbonyl (C=O) groups excluding carboxylic acids is 1. The highest BCUT2D eigenvalue weighted by atomic mass is 32.1. The molecule has 1 aliphatic rings. The number of nitrogens with zero attached hydrogens (tertiary/aromatic N) is 1. The van der Waals surface area contributed by atoms with Gasteiger partial charge in [0.1, 0.15) is 5.75 Å². The Labute approximate surface area is 154 Å². The zero-order valence-corrected chi connectivity index (χ0v) is 15.9. The summed E-state index contributed by atoms with van der Waals surface area (Å²) in [7, 11) is 0. The van der Waals surface area contributed by atoms with E-state index in [9.17, 15) is 4.79 Å². The summed E-state index contributed by atoms with van der Waals surface area (Å²) in [5.41, 5.74) is 0.805. The number of hydrogen-bond acceptors (Lipinski definition) is 4. The first-order valence-electron chi connectivity index (χ1n) is 9.25. The van der Waals surface area contributed by atoms with Gasteiger partial charge in [-0.25, -0.2) is 0 Å². The van der Waals surface area contributed by atoms with Crippen molar-refractivity contribution in [3.63, 3.8) is 0 Å². The van der Waals surface area contributed by atoms with Crippen LogP contribution in [0.25, 0.3) is 0 Å². The van der Waals surface area contributed by atoms with Gasteiger partial charge >= 0.3 is 0 Å². The third-order valence-corrected chi connectivity index (χ3v) is 5.96. The van der Waals surface area contributed by atoms with E-state index in [1.807, 2.05) is 24.3 Å². The van der Waals surface area contributed by atoms with E-state index in [4.69, 9.17) is 4.74 Å². The molecule has 1 aromatic heterocycles. The quantitative estimate of drug-likeness (QED) is 0.450. The molecule has 1 fully saturated rings. The van der Waals surface area contributed by atoms with Gasteiger partial charge in [0, 0.05) is 28.8 Å². The molecule has 0 saturated heterocycles. The molecular weight excluding hydrogens is 330 g/mol. The molecule has 1 saturated carbocycles. The maximum atomic E-state index is 12.6. The van der Waals surface area contributed by atoms with Gasteiger partial charge in [0.25, 0.3) is 0 Å². The van der Waals surface area contributed by atoms with E-state index < -0.39 is 0 Å². The number of ketones is 1. The third kappa shape index (κ3) is 4.71. The molecule has 4 heteroatoms. The smallest absolute Gasteiger partial charge is 0.166 e. The minimum Gasteiger partial charge on any atom is -0.494 e. The van der Waals surface area contributed by atoms with Crippen LogP contribution in [-0.4, -0.2) is 36.9 Å². The van der Waals surface area contributed by atoms with Crippen molar-refractivity contribution in [1.29, 1.82) is 0 Å². The topological polar surface area (TPSA) is 29.5 Å². The van der Waals surface area contributed by atoms with E-state index in [-0.39, 0.29) is 11.7 Å². The van der Waals surface area contributed by atoms with Crippen molar-refractivity contribution in [1.82, 2.24) is 4.90 Å². The first-order chi connectivity index (χ1) is 12.2. The van der Waals surface area contributed by atoms with Gasteiger partial charge in [-0.05, 0) is 61.6 Å². The lowest BCUT2D eigenvalue weighted by molar-refractivity contribution is 0.0965. The number of rotatable bonds is 10. The predicted octanol–water partition coefficient (Wildman–Crippen LogP) is 4.85. The van der Waals surface area contributed by atoms with Gasteiger partial charge in [0.05, 0.1) is 6.61 Å². The van der Waals surface area contributed by atoms with Crippen molar-refractivity contribution in [3.8, 4) is 5.75 Å². The Bertz CT molecular complexity index is 662. The Kier molecular flexibility index (Phi) is 6.27. The largest absolute Gasteiger partial charge is 0.494 e. The van der Waals surface area contributed by atoms with E-state index in [1.54, 1.807) is 11.3 Å². The van der Waals surface area contributed by atoms with Gasteiger partial charge in [-0.2, -0.15) is 0 Å². The minimum absolute atomic E-state index is 0.166. The summed E-state index contributed by atoms with van der Waals surface area (Å²) in [6, 6.07) is 11.9. The lowest BCUT2D eigenvalue weighted by Crippen LogP contribution is -2.25. The molecule has 1 aliphatic carbocycles. The minimum atomic E-state index is 0.166. The van der Waals surface area contributed by atoms with Crippen molar-refractivity contribution in [2.45, 2.75) is 32.6 Å². The highest BCUT2D eigenvalue weighted by molar-refractivity contribution is 7.10. The Balaban J connectivity index is 1.45. The summed E-state index contributed by atoms with van der Waals surface area (Å²) in [4.78, 5) is 16.3. The van der Waals surface area contributed by atoms with Crippen LogP contribution in [0.1, 0.15) is 47.8 Å². The summed E-state index contributed by atoms with van der Waals surface area (Å²) in [5.74, 6) is 1.72. The zero-order valence-electron chi connectivity index (χ0n) is 15.1. The fraction of sp³-hybridized carbons (Fsp3) is 0.476. The van der Waals surface area contributed by atoms with Crippen LogP contribution in [0.2, 0.25) is 0 Å². The van der Waals surface area contributed by atoms with Crippen LogP contribution in [-0.2, 0) is 0 Å². The van der Waals surface area contributed by atoms with E-state index in [0.717, 1.165) is 43.8 Å². The molecule has 1 aromatic carbocycles. The normalized spacial score (nSPS) is 19.2. The van der Waals surface area contributed by atoms with Crippen molar-refractivity contribution in [2.24, 2.45) is 5.92 Å². The number of thiophene rings is 1. The molecule has 25 heavy (non-hydrogen) atoms. The lowest BCUT2D eigenvalue weighted by Gasteiger charge is -2.17. The molecule has 0 amide bonds. The maximum absolute atomic E-state index is 12.6. The Morgan fingerprint density at radius 2 is 1.96 bits per heavy atom. The maximum Gasteiger partial charge on any atom is 0.166 e. The summed E-state index contributed by atoms with van der Waals surface area (Å²) in [5, 5.41) is 2.08. The molecule has 2 aromatic rings. The van der Waals surface area contributed by atoms with Crippen LogP contribution >= 0.6 is 11.3 Å². The fourth-order valence-electron chi connectivity index (χ4n) is 3.25. The van der Waals surface area contributed by atoms with Crippen molar-refractivity contribution in [3.05, 3.63) is 52.2 Å². The number of hydrogen-bond donors (Lipinski definition) is 0. The molecule has 2 unspecified atom stereocenters. The third-order valence-electron chi connectivity index (χ3n) is 4.96. The second kappa shape index (κ2) is 8.63. The second-order valence-electron chi connectivity index (χ2n) is 6.58. The van der Waals surface area contributed by atoms with E-state index in [2.05, 4.69) is 36.3 Å². The monoisotopic (exact) mass is 357 g/mol. The molecule has 1 heterocycles. The highest BCUT2D eigenvalue weighted by Crippen LogP contribution is 2.50. The van der Waals surface area contributed by atoms with E-state index in [0.29, 0.717) is 12.5 Å². The van der Waals surface area contributed by atoms with Gasteiger partial charge in [0.15, 0.2) is 5.78 Å². The van der Waals surface area contributed by atoms with Crippen LogP contribution < -0.4 is 4.74 Å². The SMILES string of the molecule is CCN(CC)CCCOc1ccc(C(=O)C2CC2c2cccs2)cc1. The van der Waals surface area contributed by atoms with Gasteiger partial charge in [-0.1, -0.05) is 19.9 Å².